The van der Waals surface area contributed by atoms with E-state index >= 15 is 0 Å². The Labute approximate surface area is 116 Å². The number of hydrogen-bond acceptors (Lipinski definition) is 6. The normalized spacial score (nSPS) is 12.9. The summed E-state index contributed by atoms with van der Waals surface area (Å²) in [5.41, 5.74) is 1.80. The van der Waals surface area contributed by atoms with Crippen molar-refractivity contribution in [3.63, 3.8) is 0 Å². The van der Waals surface area contributed by atoms with E-state index in [2.05, 4.69) is 4.98 Å². The summed E-state index contributed by atoms with van der Waals surface area (Å²) >= 11 is 0. The lowest BCUT2D eigenvalue weighted by Crippen LogP contribution is -2.13. The number of esters is 2. The molecule has 0 fully saturated rings. The van der Waals surface area contributed by atoms with Gasteiger partial charge < -0.3 is 14.2 Å². The Morgan fingerprint density at radius 3 is 2.90 bits per heavy atom. The second-order valence-electron chi connectivity index (χ2n) is 4.07. The zero-order valence-corrected chi connectivity index (χ0v) is 11.3. The second kappa shape index (κ2) is 6.18. The van der Waals surface area contributed by atoms with Crippen molar-refractivity contribution < 1.29 is 23.8 Å². The highest BCUT2D eigenvalue weighted by Crippen LogP contribution is 2.32. The van der Waals surface area contributed by atoms with Gasteiger partial charge in [-0.1, -0.05) is 0 Å². The number of nitrogens with zero attached hydrogens (tertiary/aromatic N) is 1. The molecule has 6 heteroatoms. The van der Waals surface area contributed by atoms with Crippen molar-refractivity contribution in [3.8, 4) is 0 Å². The van der Waals surface area contributed by atoms with Crippen LogP contribution in [0.2, 0.25) is 0 Å². The Hall–Kier alpha value is -2.37. The Bertz CT molecular complexity index is 564. The third kappa shape index (κ3) is 2.79. The van der Waals surface area contributed by atoms with Crippen molar-refractivity contribution in [2.45, 2.75) is 13.3 Å². The summed E-state index contributed by atoms with van der Waals surface area (Å²) in [6.45, 7) is 1.74. The summed E-state index contributed by atoms with van der Waals surface area (Å²) in [5.74, 6) is -0.628. The van der Waals surface area contributed by atoms with Crippen LogP contribution in [-0.2, 0) is 30.2 Å². The fourth-order valence-corrected chi connectivity index (χ4v) is 1.98. The zero-order chi connectivity index (χ0) is 14.5. The maximum absolute atomic E-state index is 11.8. The predicted octanol–water partition coefficient (Wildman–Crippen LogP) is 1.10. The minimum Gasteiger partial charge on any atom is -0.481 e. The van der Waals surface area contributed by atoms with Crippen LogP contribution < -0.4 is 0 Å². The van der Waals surface area contributed by atoms with Crippen LogP contribution in [0.4, 0.5) is 0 Å². The summed E-state index contributed by atoms with van der Waals surface area (Å²) in [4.78, 5) is 27.3. The Kier molecular flexibility index (Phi) is 4.34. The molecule has 0 N–H and O–H groups in total. The van der Waals surface area contributed by atoms with Crippen molar-refractivity contribution in [1.29, 1.82) is 0 Å². The van der Waals surface area contributed by atoms with Crippen molar-refractivity contribution in [2.75, 3.05) is 20.3 Å². The van der Waals surface area contributed by atoms with Gasteiger partial charge in [0.1, 0.15) is 5.76 Å². The molecule has 0 amide bonds. The van der Waals surface area contributed by atoms with Crippen LogP contribution in [-0.4, -0.2) is 37.2 Å². The molecule has 1 aliphatic carbocycles. The highest BCUT2D eigenvalue weighted by Gasteiger charge is 2.29. The maximum Gasteiger partial charge on any atom is 0.344 e. The first kappa shape index (κ1) is 14.0. The second-order valence-corrected chi connectivity index (χ2v) is 4.07. The highest BCUT2D eigenvalue weighted by molar-refractivity contribution is 5.99. The minimum absolute atomic E-state index is 0.252. The number of hydrogen-bond donors (Lipinski definition) is 0. The summed E-state index contributed by atoms with van der Waals surface area (Å²) in [5, 5.41) is 0. The molecule has 0 radical (unpaired) electrons. The molecular formula is C14H15NO5. The van der Waals surface area contributed by atoms with E-state index in [4.69, 9.17) is 14.2 Å². The van der Waals surface area contributed by atoms with Crippen molar-refractivity contribution >= 4 is 17.7 Å². The van der Waals surface area contributed by atoms with Gasteiger partial charge in [-0.15, -0.1) is 0 Å². The van der Waals surface area contributed by atoms with Gasteiger partial charge in [-0.2, -0.15) is 0 Å². The Morgan fingerprint density at radius 1 is 1.40 bits per heavy atom. The molecule has 106 valence electrons. The minimum atomic E-state index is -0.485. The van der Waals surface area contributed by atoms with E-state index in [1.165, 1.54) is 7.11 Å². The van der Waals surface area contributed by atoms with Crippen molar-refractivity contribution in [1.82, 2.24) is 4.98 Å². The third-order valence-corrected chi connectivity index (χ3v) is 2.82. The number of carbonyl (C=O) groups is 2. The molecule has 0 bridgehead atoms. The smallest absolute Gasteiger partial charge is 0.344 e. The van der Waals surface area contributed by atoms with E-state index < -0.39 is 11.9 Å². The first-order valence-electron chi connectivity index (χ1n) is 6.21. The van der Waals surface area contributed by atoms with Gasteiger partial charge in [-0.3, -0.25) is 4.98 Å². The highest BCUT2D eigenvalue weighted by atomic mass is 16.6. The molecule has 0 saturated carbocycles. The molecule has 0 aliphatic heterocycles. The molecule has 1 aromatic heterocycles. The molecule has 6 nitrogen and oxygen atoms in total. The van der Waals surface area contributed by atoms with Crippen LogP contribution in [0, 0.1) is 0 Å². The summed E-state index contributed by atoms with van der Waals surface area (Å²) in [6, 6.07) is 3.53. The lowest BCUT2D eigenvalue weighted by atomic mass is 10.2. The number of pyridine rings is 1. The third-order valence-electron chi connectivity index (χ3n) is 2.82. The Morgan fingerprint density at radius 2 is 2.20 bits per heavy atom. The van der Waals surface area contributed by atoms with Gasteiger partial charge in [0.2, 0.25) is 0 Å². The number of aromatic nitrogens is 1. The average Bonchev–Trinajstić information content (AvgIpc) is 2.83. The molecule has 1 aromatic rings. The SMILES string of the molecule is CCOC(=O)COC1=C(C(=O)OC)Cc2ncccc21. The van der Waals surface area contributed by atoms with Gasteiger partial charge >= 0.3 is 11.9 Å². The summed E-state index contributed by atoms with van der Waals surface area (Å²) < 4.78 is 15.0. The summed E-state index contributed by atoms with van der Waals surface area (Å²) in [7, 11) is 1.30. The van der Waals surface area contributed by atoms with Gasteiger partial charge in [-0.05, 0) is 19.1 Å². The number of carbonyl (C=O) groups excluding carboxylic acids is 2. The number of fused-ring (bicyclic) bond motifs is 1. The lowest BCUT2D eigenvalue weighted by Gasteiger charge is -2.09. The van der Waals surface area contributed by atoms with E-state index in [0.717, 1.165) is 5.69 Å². The van der Waals surface area contributed by atoms with Gasteiger partial charge in [0.05, 0.1) is 25.0 Å². The van der Waals surface area contributed by atoms with E-state index in [1.54, 1.807) is 25.3 Å². The Balaban J connectivity index is 2.23. The van der Waals surface area contributed by atoms with Gasteiger partial charge in [0.25, 0.3) is 0 Å². The van der Waals surface area contributed by atoms with E-state index in [-0.39, 0.29) is 13.2 Å². The standard InChI is InChI=1S/C14H15NO5/c1-3-19-12(16)8-20-13-9-5-4-6-15-11(9)7-10(13)14(17)18-2/h4-6H,3,7-8H2,1-2H3. The molecule has 0 aromatic carbocycles. The quantitative estimate of drug-likeness (QED) is 0.750. The van der Waals surface area contributed by atoms with Gasteiger partial charge in [0.15, 0.2) is 6.61 Å². The molecule has 0 unspecified atom stereocenters. The lowest BCUT2D eigenvalue weighted by molar-refractivity contribution is -0.146. The maximum atomic E-state index is 11.8. The first-order chi connectivity index (χ1) is 9.67. The fourth-order valence-electron chi connectivity index (χ4n) is 1.98. The number of ether oxygens (including phenoxy) is 3. The van der Waals surface area contributed by atoms with Crippen molar-refractivity contribution in [2.24, 2.45) is 0 Å². The van der Waals surface area contributed by atoms with Crippen LogP contribution in [0.5, 0.6) is 0 Å². The van der Waals surface area contributed by atoms with Crippen LogP contribution in [0.3, 0.4) is 0 Å². The number of rotatable bonds is 5. The van der Waals surface area contributed by atoms with E-state index in [0.29, 0.717) is 23.3 Å². The molecular weight excluding hydrogens is 262 g/mol. The molecule has 0 atom stereocenters. The van der Waals surface area contributed by atoms with Crippen LogP contribution in [0.25, 0.3) is 5.76 Å². The van der Waals surface area contributed by atoms with Crippen molar-refractivity contribution in [3.05, 3.63) is 35.2 Å². The molecule has 0 saturated heterocycles. The van der Waals surface area contributed by atoms with Gasteiger partial charge in [0, 0.05) is 18.2 Å². The zero-order valence-electron chi connectivity index (χ0n) is 11.3. The molecule has 2 rings (SSSR count). The van der Waals surface area contributed by atoms with E-state index in [9.17, 15) is 9.59 Å². The van der Waals surface area contributed by atoms with Gasteiger partial charge in [-0.25, -0.2) is 9.59 Å². The first-order valence-corrected chi connectivity index (χ1v) is 6.21. The predicted molar refractivity (Wildman–Crippen MR) is 69.5 cm³/mol. The fraction of sp³-hybridized carbons (Fsp3) is 0.357. The van der Waals surface area contributed by atoms with E-state index in [1.807, 2.05) is 0 Å². The molecule has 20 heavy (non-hydrogen) atoms. The van der Waals surface area contributed by atoms with Crippen LogP contribution in [0.1, 0.15) is 18.2 Å². The number of methoxy groups -OCH3 is 1. The molecule has 0 spiro atoms. The average molecular weight is 277 g/mol. The molecule has 1 heterocycles. The topological polar surface area (TPSA) is 74.7 Å². The van der Waals surface area contributed by atoms with Crippen LogP contribution >= 0.6 is 0 Å². The molecule has 1 aliphatic rings. The summed E-state index contributed by atoms with van der Waals surface area (Å²) in [6.07, 6.45) is 1.98. The largest absolute Gasteiger partial charge is 0.481 e. The monoisotopic (exact) mass is 277 g/mol. The van der Waals surface area contributed by atoms with Crippen LogP contribution in [0.15, 0.2) is 23.9 Å².